The summed E-state index contributed by atoms with van der Waals surface area (Å²) in [7, 11) is 2.70. The van der Waals surface area contributed by atoms with Gasteiger partial charge in [-0.05, 0) is 36.8 Å². The number of hydrogen-bond acceptors (Lipinski definition) is 9. The molecule has 1 atom stereocenters. The third kappa shape index (κ3) is 6.24. The minimum Gasteiger partial charge on any atom is -0.496 e. The van der Waals surface area contributed by atoms with E-state index >= 15 is 4.39 Å². The Labute approximate surface area is 282 Å². The Morgan fingerprint density at radius 3 is 2.56 bits per heavy atom. The Balaban J connectivity index is 1.21. The van der Waals surface area contributed by atoms with Gasteiger partial charge in [0, 0.05) is 48.4 Å². The monoisotopic (exact) mass is 694 g/mol. The predicted molar refractivity (Wildman–Crippen MR) is 169 cm³/mol. The van der Waals surface area contributed by atoms with Crippen LogP contribution in [0.5, 0.6) is 23.1 Å². The van der Waals surface area contributed by atoms with Crippen LogP contribution in [0.15, 0.2) is 48.7 Å². The molecule has 0 saturated carbocycles. The molecule has 0 radical (unpaired) electrons. The third-order valence-electron chi connectivity index (χ3n) is 8.78. The molecule has 5 aromatic rings. The van der Waals surface area contributed by atoms with Gasteiger partial charge in [0.25, 0.3) is 0 Å². The molecule has 0 amide bonds. The van der Waals surface area contributed by atoms with Crippen molar-refractivity contribution >= 4 is 17.0 Å². The molecular formula is C35H30F4N4O7. The number of aromatic nitrogens is 4. The fraction of sp³-hybridized carbons (Fsp3) is 0.314. The number of methoxy groups -OCH3 is 2. The van der Waals surface area contributed by atoms with Gasteiger partial charge < -0.3 is 33.4 Å². The van der Waals surface area contributed by atoms with Gasteiger partial charge in [-0.1, -0.05) is 6.07 Å². The number of alkyl halides is 3. The first-order valence-electron chi connectivity index (χ1n) is 15.6. The van der Waals surface area contributed by atoms with E-state index in [4.69, 9.17) is 28.7 Å². The highest BCUT2D eigenvalue weighted by Gasteiger charge is 2.32. The lowest BCUT2D eigenvalue weighted by molar-refractivity contribution is -0.137. The topological polar surface area (TPSA) is 127 Å². The van der Waals surface area contributed by atoms with Crippen molar-refractivity contribution in [1.29, 1.82) is 0 Å². The number of benzene rings is 3. The van der Waals surface area contributed by atoms with E-state index in [2.05, 4.69) is 9.97 Å². The SMILES string of the molecule is COc1cc(C(F)(F)F)ccc1COc1ccnc(-c2cc(F)c(Cc3nc4c(OC)cc(C(=O)O)cc4n3C[C@@H]3CCO3)c3c2OCC3)n1. The van der Waals surface area contributed by atoms with Crippen LogP contribution in [0.1, 0.15) is 44.9 Å². The fourth-order valence-corrected chi connectivity index (χ4v) is 6.16. The van der Waals surface area contributed by atoms with E-state index in [0.29, 0.717) is 71.0 Å². The van der Waals surface area contributed by atoms with Crippen LogP contribution in [0.2, 0.25) is 0 Å². The Bertz CT molecular complexity index is 2110. The molecule has 2 aromatic heterocycles. The first-order chi connectivity index (χ1) is 24.0. The Morgan fingerprint density at radius 2 is 1.86 bits per heavy atom. The number of carboxylic acids is 1. The first-order valence-corrected chi connectivity index (χ1v) is 15.6. The summed E-state index contributed by atoms with van der Waals surface area (Å²) in [6.45, 7) is 1.17. The van der Waals surface area contributed by atoms with Crippen molar-refractivity contribution in [2.75, 3.05) is 27.4 Å². The molecule has 1 N–H and O–H groups in total. The maximum atomic E-state index is 16.2. The largest absolute Gasteiger partial charge is 0.496 e. The van der Waals surface area contributed by atoms with Crippen molar-refractivity contribution in [2.24, 2.45) is 0 Å². The van der Waals surface area contributed by atoms with E-state index in [1.54, 1.807) is 0 Å². The van der Waals surface area contributed by atoms with E-state index in [1.165, 1.54) is 50.7 Å². The number of carboxylic acid groups (broad SMARTS) is 1. The molecule has 11 nitrogen and oxygen atoms in total. The molecule has 0 unspecified atom stereocenters. The highest BCUT2D eigenvalue weighted by Crippen LogP contribution is 2.41. The van der Waals surface area contributed by atoms with Crippen LogP contribution in [-0.2, 0) is 36.9 Å². The summed E-state index contributed by atoms with van der Waals surface area (Å²) in [6.07, 6.45) is -1.89. The van der Waals surface area contributed by atoms with Gasteiger partial charge in [-0.15, -0.1) is 0 Å². The van der Waals surface area contributed by atoms with E-state index < -0.39 is 23.5 Å². The quantitative estimate of drug-likeness (QED) is 0.158. The molecule has 1 saturated heterocycles. The number of halogens is 4. The number of ether oxygens (including phenoxy) is 5. The van der Waals surface area contributed by atoms with Gasteiger partial charge in [0.05, 0.1) is 55.7 Å². The lowest BCUT2D eigenvalue weighted by Crippen LogP contribution is -2.31. The maximum absolute atomic E-state index is 16.2. The zero-order valence-corrected chi connectivity index (χ0v) is 26.8. The van der Waals surface area contributed by atoms with E-state index in [-0.39, 0.29) is 47.9 Å². The van der Waals surface area contributed by atoms with Crippen molar-refractivity contribution in [2.45, 2.75) is 44.7 Å². The average Bonchev–Trinajstić information content (AvgIpc) is 3.70. The molecule has 3 aromatic carbocycles. The number of rotatable bonds is 11. The molecule has 15 heteroatoms. The molecule has 50 heavy (non-hydrogen) atoms. The Kier molecular flexibility index (Phi) is 8.68. The van der Waals surface area contributed by atoms with Gasteiger partial charge in [-0.3, -0.25) is 0 Å². The lowest BCUT2D eigenvalue weighted by Gasteiger charge is -2.27. The molecule has 260 valence electrons. The fourth-order valence-electron chi connectivity index (χ4n) is 6.16. The number of aromatic carboxylic acids is 1. The van der Waals surface area contributed by atoms with Crippen LogP contribution in [0, 0.1) is 5.82 Å². The van der Waals surface area contributed by atoms with Crippen molar-refractivity contribution in [3.63, 3.8) is 0 Å². The highest BCUT2D eigenvalue weighted by atomic mass is 19.4. The zero-order chi connectivity index (χ0) is 35.2. The molecule has 7 rings (SSSR count). The van der Waals surface area contributed by atoms with E-state index in [0.717, 1.165) is 18.6 Å². The number of fused-ring (bicyclic) bond motifs is 2. The minimum absolute atomic E-state index is 0.00694. The lowest BCUT2D eigenvalue weighted by atomic mass is 9.97. The standard InChI is InChI=1S/C35H30F4N4O7/c1-46-27-13-20(35(37,38)39)4-3-18(27)17-50-30-5-8-40-33(42-30)24-14-25(36)23(22-7-10-49-32(22)24)15-29-41-31-26(43(29)16-21-6-9-48-21)11-19(34(44)45)12-28(31)47-2/h3-5,8,11-14,21H,6-7,9-10,15-17H2,1-2H3,(H,44,45)/t21-/m0/s1. The molecule has 2 aliphatic heterocycles. The van der Waals surface area contributed by atoms with Crippen LogP contribution < -0.4 is 18.9 Å². The van der Waals surface area contributed by atoms with E-state index in [9.17, 15) is 23.1 Å². The van der Waals surface area contributed by atoms with Crippen LogP contribution in [-0.4, -0.2) is 64.1 Å². The van der Waals surface area contributed by atoms with Crippen molar-refractivity contribution in [3.05, 3.63) is 88.1 Å². The van der Waals surface area contributed by atoms with E-state index in [1.807, 2.05) is 4.57 Å². The van der Waals surface area contributed by atoms with Crippen molar-refractivity contribution < 1.29 is 51.1 Å². The number of nitrogens with zero attached hydrogens (tertiary/aromatic N) is 4. The summed E-state index contributed by atoms with van der Waals surface area (Å²) >= 11 is 0. The zero-order valence-electron chi connectivity index (χ0n) is 26.8. The normalized spacial score (nSPS) is 15.4. The van der Waals surface area contributed by atoms with Gasteiger partial charge >= 0.3 is 12.1 Å². The smallest absolute Gasteiger partial charge is 0.416 e. The second-order valence-corrected chi connectivity index (χ2v) is 11.8. The predicted octanol–water partition coefficient (Wildman–Crippen LogP) is 6.26. The minimum atomic E-state index is -4.53. The van der Waals surface area contributed by atoms with Crippen LogP contribution >= 0.6 is 0 Å². The Hall–Kier alpha value is -5.44. The molecule has 0 spiro atoms. The summed E-state index contributed by atoms with van der Waals surface area (Å²) in [5.74, 6) is -0.207. The Morgan fingerprint density at radius 1 is 1.06 bits per heavy atom. The summed E-state index contributed by atoms with van der Waals surface area (Å²) in [6, 6.07) is 8.82. The number of imidazole rings is 1. The third-order valence-corrected chi connectivity index (χ3v) is 8.78. The van der Waals surface area contributed by atoms with Crippen molar-refractivity contribution in [3.8, 4) is 34.5 Å². The van der Waals surface area contributed by atoms with Crippen LogP contribution in [0.3, 0.4) is 0 Å². The second-order valence-electron chi connectivity index (χ2n) is 11.8. The molecule has 0 bridgehead atoms. The van der Waals surface area contributed by atoms with Crippen LogP contribution in [0.25, 0.3) is 22.4 Å². The summed E-state index contributed by atoms with van der Waals surface area (Å²) in [4.78, 5) is 25.5. The highest BCUT2D eigenvalue weighted by molar-refractivity contribution is 5.95. The van der Waals surface area contributed by atoms with Gasteiger partial charge in [0.15, 0.2) is 5.82 Å². The average molecular weight is 695 g/mol. The molecule has 1 fully saturated rings. The summed E-state index contributed by atoms with van der Waals surface area (Å²) in [5.41, 5.74) is 1.84. The molecule has 0 aliphatic carbocycles. The first kappa shape index (κ1) is 33.1. The molecule has 4 heterocycles. The molecule has 2 aliphatic rings. The number of hydrogen-bond donors (Lipinski definition) is 1. The summed E-state index contributed by atoms with van der Waals surface area (Å²) < 4.78 is 85.6. The second kappa shape index (κ2) is 13.1. The molecular weight excluding hydrogens is 664 g/mol. The van der Waals surface area contributed by atoms with Gasteiger partial charge in [-0.2, -0.15) is 18.2 Å². The number of carbonyl (C=O) groups is 1. The van der Waals surface area contributed by atoms with Gasteiger partial charge in [-0.25, -0.2) is 19.2 Å². The maximum Gasteiger partial charge on any atom is 0.416 e. The van der Waals surface area contributed by atoms with Gasteiger partial charge in [0.1, 0.15) is 41.0 Å². The van der Waals surface area contributed by atoms with Crippen molar-refractivity contribution in [1.82, 2.24) is 19.5 Å². The van der Waals surface area contributed by atoms with Crippen LogP contribution in [0.4, 0.5) is 17.6 Å². The van der Waals surface area contributed by atoms with Gasteiger partial charge in [0.2, 0.25) is 5.88 Å². The summed E-state index contributed by atoms with van der Waals surface area (Å²) in [5, 5.41) is 9.72.